The first-order valence-electron chi connectivity index (χ1n) is 11.3. The van der Waals surface area contributed by atoms with Crippen molar-refractivity contribution in [3.8, 4) is 0 Å². The predicted molar refractivity (Wildman–Crippen MR) is 130 cm³/mol. The Kier molecular flexibility index (Phi) is 8.41. The van der Waals surface area contributed by atoms with Crippen LogP contribution in [0.15, 0.2) is 59.5 Å². The molecular formula is C25H31N3O4S. The Morgan fingerprint density at radius 2 is 1.52 bits per heavy atom. The third-order valence-electron chi connectivity index (χ3n) is 5.34. The van der Waals surface area contributed by atoms with E-state index < -0.39 is 10.0 Å². The SMILES string of the molecule is CC(C)NC(=O)c1ccc(NC(=O)C=Cc2ccc(S(=O)(=O)N3CCCCCC3)cc2)cc1. The van der Waals surface area contributed by atoms with E-state index in [-0.39, 0.29) is 22.8 Å². The average Bonchev–Trinajstić information content (AvgIpc) is 3.08. The quantitative estimate of drug-likeness (QED) is 0.598. The van der Waals surface area contributed by atoms with E-state index in [9.17, 15) is 18.0 Å². The average molecular weight is 470 g/mol. The summed E-state index contributed by atoms with van der Waals surface area (Å²) in [6.45, 7) is 4.91. The Labute approximate surface area is 195 Å². The minimum absolute atomic E-state index is 0.0468. The fourth-order valence-corrected chi connectivity index (χ4v) is 5.11. The molecule has 2 aromatic rings. The summed E-state index contributed by atoms with van der Waals surface area (Å²) >= 11 is 0. The van der Waals surface area contributed by atoms with E-state index in [1.54, 1.807) is 58.9 Å². The number of hydrogen-bond donors (Lipinski definition) is 2. The van der Waals surface area contributed by atoms with E-state index in [0.717, 1.165) is 31.2 Å². The zero-order chi connectivity index (χ0) is 23.8. The molecule has 8 heteroatoms. The van der Waals surface area contributed by atoms with E-state index in [2.05, 4.69) is 10.6 Å². The second kappa shape index (κ2) is 11.2. The molecule has 0 unspecified atom stereocenters. The lowest BCUT2D eigenvalue weighted by atomic mass is 10.2. The van der Waals surface area contributed by atoms with Crippen LogP contribution in [0.5, 0.6) is 0 Å². The highest BCUT2D eigenvalue weighted by Crippen LogP contribution is 2.21. The maximum Gasteiger partial charge on any atom is 0.251 e. The van der Waals surface area contributed by atoms with Gasteiger partial charge in [0.15, 0.2) is 0 Å². The minimum Gasteiger partial charge on any atom is -0.350 e. The van der Waals surface area contributed by atoms with Crippen LogP contribution in [0.3, 0.4) is 0 Å². The lowest BCUT2D eigenvalue weighted by molar-refractivity contribution is -0.111. The lowest BCUT2D eigenvalue weighted by Gasteiger charge is -2.19. The van der Waals surface area contributed by atoms with Gasteiger partial charge in [0.2, 0.25) is 15.9 Å². The summed E-state index contributed by atoms with van der Waals surface area (Å²) in [5.74, 6) is -0.486. The van der Waals surface area contributed by atoms with Crippen LogP contribution in [0.1, 0.15) is 55.5 Å². The zero-order valence-corrected chi connectivity index (χ0v) is 19.9. The van der Waals surface area contributed by atoms with Gasteiger partial charge < -0.3 is 10.6 Å². The van der Waals surface area contributed by atoms with Crippen LogP contribution < -0.4 is 10.6 Å². The summed E-state index contributed by atoms with van der Waals surface area (Å²) in [7, 11) is -3.49. The summed E-state index contributed by atoms with van der Waals surface area (Å²) in [4.78, 5) is 24.5. The molecule has 0 spiro atoms. The van der Waals surface area contributed by atoms with Gasteiger partial charge in [-0.2, -0.15) is 4.31 Å². The molecule has 1 heterocycles. The molecule has 0 saturated carbocycles. The first-order chi connectivity index (χ1) is 15.8. The Morgan fingerprint density at radius 1 is 0.909 bits per heavy atom. The molecule has 2 N–H and O–H groups in total. The largest absolute Gasteiger partial charge is 0.350 e. The molecule has 1 aliphatic heterocycles. The van der Waals surface area contributed by atoms with Crippen molar-refractivity contribution < 1.29 is 18.0 Å². The number of nitrogens with one attached hydrogen (secondary N) is 2. The number of sulfonamides is 1. The predicted octanol–water partition coefficient (Wildman–Crippen LogP) is 4.04. The number of benzene rings is 2. The highest BCUT2D eigenvalue weighted by molar-refractivity contribution is 7.89. The van der Waals surface area contributed by atoms with Gasteiger partial charge in [-0.25, -0.2) is 8.42 Å². The van der Waals surface area contributed by atoms with E-state index >= 15 is 0 Å². The highest BCUT2D eigenvalue weighted by atomic mass is 32.2. The van der Waals surface area contributed by atoms with Crippen LogP contribution in [0.25, 0.3) is 6.08 Å². The maximum absolute atomic E-state index is 12.9. The second-order valence-corrected chi connectivity index (χ2v) is 10.4. The fourth-order valence-electron chi connectivity index (χ4n) is 3.59. The van der Waals surface area contributed by atoms with E-state index in [1.165, 1.54) is 6.08 Å². The van der Waals surface area contributed by atoms with Crippen molar-refractivity contribution in [3.05, 3.63) is 65.7 Å². The Bertz CT molecular complexity index is 1080. The molecule has 0 bridgehead atoms. The van der Waals surface area contributed by atoms with Crippen LogP contribution in [0, 0.1) is 0 Å². The third kappa shape index (κ3) is 7.00. The monoisotopic (exact) mass is 469 g/mol. The fraction of sp³-hybridized carbons (Fsp3) is 0.360. The molecule has 1 aliphatic rings. The van der Waals surface area contributed by atoms with Crippen LogP contribution in [-0.4, -0.2) is 43.7 Å². The molecule has 2 amide bonds. The molecular weight excluding hydrogens is 438 g/mol. The molecule has 0 atom stereocenters. The van der Waals surface area contributed by atoms with Gasteiger partial charge in [-0.15, -0.1) is 0 Å². The van der Waals surface area contributed by atoms with Crippen molar-refractivity contribution in [3.63, 3.8) is 0 Å². The molecule has 7 nitrogen and oxygen atoms in total. The lowest BCUT2D eigenvalue weighted by Crippen LogP contribution is -2.31. The molecule has 0 radical (unpaired) electrons. The van der Waals surface area contributed by atoms with Gasteiger partial charge in [0.05, 0.1) is 4.90 Å². The molecule has 176 valence electrons. The summed E-state index contributed by atoms with van der Waals surface area (Å²) in [6, 6.07) is 13.2. The maximum atomic E-state index is 12.9. The van der Waals surface area contributed by atoms with Crippen LogP contribution in [0.2, 0.25) is 0 Å². The van der Waals surface area contributed by atoms with Crippen LogP contribution in [-0.2, 0) is 14.8 Å². The second-order valence-electron chi connectivity index (χ2n) is 8.42. The van der Waals surface area contributed by atoms with E-state index in [0.29, 0.717) is 24.3 Å². The molecule has 0 aliphatic carbocycles. The minimum atomic E-state index is -3.49. The van der Waals surface area contributed by atoms with Crippen molar-refractivity contribution in [1.29, 1.82) is 0 Å². The molecule has 0 aromatic heterocycles. The van der Waals surface area contributed by atoms with Gasteiger partial charge in [0, 0.05) is 36.5 Å². The Balaban J connectivity index is 1.58. The molecule has 1 fully saturated rings. The standard InChI is InChI=1S/C25H31N3O4S/c1-19(2)26-25(30)21-10-12-22(13-11-21)27-24(29)16-9-20-7-14-23(15-8-20)33(31,32)28-17-5-3-4-6-18-28/h7-16,19H,3-6,17-18H2,1-2H3,(H,26,30)(H,27,29). The summed E-state index contributed by atoms with van der Waals surface area (Å²) < 4.78 is 27.3. The van der Waals surface area contributed by atoms with Gasteiger partial charge in [0.25, 0.3) is 5.91 Å². The normalized spacial score (nSPS) is 15.4. The zero-order valence-electron chi connectivity index (χ0n) is 19.1. The molecule has 1 saturated heterocycles. The van der Waals surface area contributed by atoms with Crippen molar-refractivity contribution in [2.45, 2.75) is 50.5 Å². The Morgan fingerprint density at radius 3 is 2.09 bits per heavy atom. The van der Waals surface area contributed by atoms with Crippen LogP contribution in [0.4, 0.5) is 5.69 Å². The summed E-state index contributed by atoms with van der Waals surface area (Å²) in [5, 5.41) is 5.56. The van der Waals surface area contributed by atoms with Gasteiger partial charge >= 0.3 is 0 Å². The third-order valence-corrected chi connectivity index (χ3v) is 7.26. The number of anilines is 1. The summed E-state index contributed by atoms with van der Waals surface area (Å²) in [5.41, 5.74) is 1.82. The number of amides is 2. The number of nitrogens with zero attached hydrogens (tertiary/aromatic N) is 1. The van der Waals surface area contributed by atoms with E-state index in [1.807, 2.05) is 13.8 Å². The number of carbonyl (C=O) groups excluding carboxylic acids is 2. The molecule has 33 heavy (non-hydrogen) atoms. The van der Waals surface area contributed by atoms with E-state index in [4.69, 9.17) is 0 Å². The number of carbonyl (C=O) groups is 2. The van der Waals surface area contributed by atoms with Crippen molar-refractivity contribution in [1.82, 2.24) is 9.62 Å². The van der Waals surface area contributed by atoms with Gasteiger partial charge in [-0.05, 0) is 74.7 Å². The van der Waals surface area contributed by atoms with Gasteiger partial charge in [-0.3, -0.25) is 9.59 Å². The number of hydrogen-bond acceptors (Lipinski definition) is 4. The molecule has 2 aromatic carbocycles. The number of rotatable bonds is 7. The van der Waals surface area contributed by atoms with Gasteiger partial charge in [0.1, 0.15) is 0 Å². The molecule has 3 rings (SSSR count). The summed E-state index contributed by atoms with van der Waals surface area (Å²) in [6.07, 6.45) is 6.93. The van der Waals surface area contributed by atoms with Crippen molar-refractivity contribution in [2.75, 3.05) is 18.4 Å². The van der Waals surface area contributed by atoms with Crippen molar-refractivity contribution in [2.24, 2.45) is 0 Å². The van der Waals surface area contributed by atoms with Crippen molar-refractivity contribution >= 4 is 33.6 Å². The Hall–Kier alpha value is -2.97. The van der Waals surface area contributed by atoms with Gasteiger partial charge in [-0.1, -0.05) is 25.0 Å². The highest BCUT2D eigenvalue weighted by Gasteiger charge is 2.24. The topological polar surface area (TPSA) is 95.6 Å². The smallest absolute Gasteiger partial charge is 0.251 e. The van der Waals surface area contributed by atoms with Crippen LogP contribution >= 0.6 is 0 Å². The first kappa shape index (κ1) is 24.7. The first-order valence-corrected chi connectivity index (χ1v) is 12.7.